The first-order chi connectivity index (χ1) is 11.6. The summed E-state index contributed by atoms with van der Waals surface area (Å²) in [6.45, 7) is 3.31. The van der Waals surface area contributed by atoms with Crippen LogP contribution in [0.15, 0.2) is 29.2 Å². The number of thioether (sulfide) groups is 1. The van der Waals surface area contributed by atoms with E-state index in [-0.39, 0.29) is 31.0 Å². The summed E-state index contributed by atoms with van der Waals surface area (Å²) in [6, 6.07) is 7.89. The summed E-state index contributed by atoms with van der Waals surface area (Å²) in [5, 5.41) is 0.450. The fraction of sp³-hybridized carbons (Fsp3) is 0.556. The number of ether oxygens (including phenoxy) is 2. The summed E-state index contributed by atoms with van der Waals surface area (Å²) >= 11 is 1.78. The van der Waals surface area contributed by atoms with Gasteiger partial charge >= 0.3 is 5.97 Å². The van der Waals surface area contributed by atoms with E-state index in [1.54, 1.807) is 16.7 Å². The lowest BCUT2D eigenvalue weighted by atomic mass is 10.2. The maximum absolute atomic E-state index is 12.6. The number of rotatable bonds is 4. The summed E-state index contributed by atoms with van der Waals surface area (Å²) in [6.07, 6.45) is 2.96. The number of para-hydroxylation sites is 1. The smallest absolute Gasteiger partial charge is 0.308 e. The Hall–Kier alpha value is -1.53. The van der Waals surface area contributed by atoms with Gasteiger partial charge in [-0.05, 0) is 31.4 Å². The fourth-order valence-electron chi connectivity index (χ4n) is 3.02. The van der Waals surface area contributed by atoms with Crippen LogP contribution in [0.4, 0.5) is 5.69 Å². The van der Waals surface area contributed by atoms with Crippen molar-refractivity contribution in [3.63, 3.8) is 0 Å². The number of carbonyl (C=O) groups is 2. The van der Waals surface area contributed by atoms with Gasteiger partial charge in [-0.25, -0.2) is 0 Å². The molecule has 1 aromatic rings. The van der Waals surface area contributed by atoms with Gasteiger partial charge in [0.2, 0.25) is 0 Å². The first-order valence-electron chi connectivity index (χ1n) is 8.47. The average Bonchev–Trinajstić information content (AvgIpc) is 3.01. The summed E-state index contributed by atoms with van der Waals surface area (Å²) in [4.78, 5) is 27.3. The molecule has 6 heteroatoms. The molecular weight excluding hydrogens is 326 g/mol. The molecule has 0 bridgehead atoms. The van der Waals surface area contributed by atoms with Gasteiger partial charge in [0.25, 0.3) is 5.91 Å². The zero-order chi connectivity index (χ0) is 16.9. The van der Waals surface area contributed by atoms with Crippen molar-refractivity contribution in [3.05, 3.63) is 24.3 Å². The van der Waals surface area contributed by atoms with E-state index in [0.717, 1.165) is 29.8 Å². The fourth-order valence-corrected chi connectivity index (χ4v) is 4.13. The lowest BCUT2D eigenvalue weighted by molar-refractivity contribution is -0.149. The Labute approximate surface area is 146 Å². The van der Waals surface area contributed by atoms with Crippen LogP contribution in [-0.4, -0.2) is 43.0 Å². The first-order valence-corrected chi connectivity index (χ1v) is 9.34. The second-order valence-corrected chi connectivity index (χ2v) is 7.71. The molecule has 24 heavy (non-hydrogen) atoms. The van der Waals surface area contributed by atoms with Crippen molar-refractivity contribution in [3.8, 4) is 0 Å². The Bertz CT molecular complexity index is 600. The Morgan fingerprint density at radius 3 is 2.96 bits per heavy atom. The molecule has 1 aromatic carbocycles. The van der Waals surface area contributed by atoms with E-state index in [9.17, 15) is 9.59 Å². The molecule has 0 spiro atoms. The number of esters is 1. The number of nitrogens with zero attached hydrogens (tertiary/aromatic N) is 1. The second kappa shape index (κ2) is 8.03. The van der Waals surface area contributed by atoms with Crippen molar-refractivity contribution < 1.29 is 19.1 Å². The highest BCUT2D eigenvalue weighted by Gasteiger charge is 2.25. The monoisotopic (exact) mass is 349 g/mol. The van der Waals surface area contributed by atoms with E-state index >= 15 is 0 Å². The maximum atomic E-state index is 12.6. The van der Waals surface area contributed by atoms with Crippen LogP contribution in [0.25, 0.3) is 0 Å². The van der Waals surface area contributed by atoms with Crippen molar-refractivity contribution in [1.29, 1.82) is 0 Å². The van der Waals surface area contributed by atoms with Gasteiger partial charge in [-0.1, -0.05) is 19.1 Å². The Balaban J connectivity index is 1.59. The minimum atomic E-state index is -0.360. The van der Waals surface area contributed by atoms with E-state index in [4.69, 9.17) is 9.47 Å². The molecular formula is C18H23NO4S. The number of hydrogen-bond acceptors (Lipinski definition) is 5. The normalized spacial score (nSPS) is 23.5. The molecule has 1 amide bonds. The molecule has 2 aliphatic rings. The zero-order valence-corrected chi connectivity index (χ0v) is 14.7. The first kappa shape index (κ1) is 17.3. The number of fused-ring (bicyclic) bond motifs is 1. The maximum Gasteiger partial charge on any atom is 0.308 e. The molecule has 5 nitrogen and oxygen atoms in total. The number of amides is 1. The highest BCUT2D eigenvalue weighted by atomic mass is 32.2. The lowest BCUT2D eigenvalue weighted by Gasteiger charge is -2.22. The third-order valence-electron chi connectivity index (χ3n) is 4.32. The van der Waals surface area contributed by atoms with E-state index in [2.05, 4.69) is 6.92 Å². The third kappa shape index (κ3) is 4.30. The van der Waals surface area contributed by atoms with Crippen LogP contribution < -0.4 is 4.90 Å². The molecule has 2 atom stereocenters. The van der Waals surface area contributed by atoms with Crippen molar-refractivity contribution in [1.82, 2.24) is 0 Å². The van der Waals surface area contributed by atoms with Crippen molar-refractivity contribution >= 4 is 29.3 Å². The van der Waals surface area contributed by atoms with Crippen molar-refractivity contribution in [2.45, 2.75) is 48.9 Å². The third-order valence-corrected chi connectivity index (χ3v) is 5.56. The molecule has 0 saturated carbocycles. The van der Waals surface area contributed by atoms with Crippen LogP contribution in [0.2, 0.25) is 0 Å². The molecule has 0 radical (unpaired) electrons. The highest BCUT2D eigenvalue weighted by molar-refractivity contribution is 8.00. The quantitative estimate of drug-likeness (QED) is 0.782. The molecule has 0 aromatic heterocycles. The average molecular weight is 349 g/mol. The van der Waals surface area contributed by atoms with Crippen molar-refractivity contribution in [2.24, 2.45) is 0 Å². The van der Waals surface area contributed by atoms with Gasteiger partial charge in [-0.2, -0.15) is 0 Å². The number of carbonyl (C=O) groups excluding carboxylic acids is 2. The topological polar surface area (TPSA) is 55.8 Å². The minimum Gasteiger partial charge on any atom is -0.455 e. The van der Waals surface area contributed by atoms with Gasteiger partial charge in [0, 0.05) is 23.3 Å². The number of hydrogen-bond donors (Lipinski definition) is 0. The molecule has 0 aliphatic carbocycles. The predicted molar refractivity (Wildman–Crippen MR) is 93.3 cm³/mol. The molecule has 0 N–H and O–H groups in total. The van der Waals surface area contributed by atoms with E-state index < -0.39 is 0 Å². The molecule has 130 valence electrons. The molecule has 0 unspecified atom stereocenters. The minimum absolute atomic E-state index is 0.0521. The van der Waals surface area contributed by atoms with Crippen LogP contribution in [0.5, 0.6) is 0 Å². The molecule has 3 rings (SSSR count). The Morgan fingerprint density at radius 2 is 2.17 bits per heavy atom. The van der Waals surface area contributed by atoms with Gasteiger partial charge in [0.1, 0.15) is 0 Å². The van der Waals surface area contributed by atoms with E-state index in [1.165, 1.54) is 0 Å². The van der Waals surface area contributed by atoms with Crippen molar-refractivity contribution in [2.75, 3.05) is 24.7 Å². The van der Waals surface area contributed by atoms with Gasteiger partial charge in [-0.15, -0.1) is 11.8 Å². The van der Waals surface area contributed by atoms with E-state index in [1.807, 2.05) is 24.3 Å². The van der Waals surface area contributed by atoms with Crippen LogP contribution in [0, 0.1) is 0 Å². The van der Waals surface area contributed by atoms with Crippen LogP contribution in [-0.2, 0) is 19.1 Å². The summed E-state index contributed by atoms with van der Waals surface area (Å²) in [5.41, 5.74) is 0.909. The highest BCUT2D eigenvalue weighted by Crippen LogP contribution is 2.37. The molecule has 2 aliphatic heterocycles. The second-order valence-electron chi connectivity index (χ2n) is 6.23. The largest absolute Gasteiger partial charge is 0.455 e. The lowest BCUT2D eigenvalue weighted by Crippen LogP contribution is -2.36. The summed E-state index contributed by atoms with van der Waals surface area (Å²) in [7, 11) is 0. The molecule has 2 heterocycles. The van der Waals surface area contributed by atoms with Gasteiger partial charge in [0.05, 0.1) is 18.2 Å². The number of benzene rings is 1. The zero-order valence-electron chi connectivity index (χ0n) is 13.9. The molecule has 1 fully saturated rings. The van der Waals surface area contributed by atoms with Crippen LogP contribution >= 0.6 is 11.8 Å². The number of anilines is 1. The van der Waals surface area contributed by atoms with Crippen LogP contribution in [0.1, 0.15) is 32.6 Å². The Morgan fingerprint density at radius 1 is 1.33 bits per heavy atom. The molecule has 1 saturated heterocycles. The van der Waals surface area contributed by atoms with Gasteiger partial charge < -0.3 is 14.4 Å². The van der Waals surface area contributed by atoms with Gasteiger partial charge in [-0.3, -0.25) is 9.59 Å². The Kier molecular flexibility index (Phi) is 5.79. The standard InChI is InChI=1S/C18H23NO4S/c1-13-8-9-19(15-6-2-3-7-16(15)24-13)17(20)12-23-18(21)11-14-5-4-10-22-14/h2-3,6-7,13-14H,4-5,8-12H2,1H3/t13-,14+/m0/s1. The summed E-state index contributed by atoms with van der Waals surface area (Å²) < 4.78 is 10.6. The predicted octanol–water partition coefficient (Wildman–Crippen LogP) is 3.02. The van der Waals surface area contributed by atoms with E-state index in [0.29, 0.717) is 18.4 Å². The van der Waals surface area contributed by atoms with Gasteiger partial charge in [0.15, 0.2) is 6.61 Å². The SMILES string of the molecule is C[C@H]1CCN(C(=O)COC(=O)C[C@H]2CCCO2)c2ccccc2S1. The van der Waals surface area contributed by atoms with Crippen LogP contribution in [0.3, 0.4) is 0 Å². The summed E-state index contributed by atoms with van der Waals surface area (Å²) in [5.74, 6) is -0.529.